The maximum absolute atomic E-state index is 5.79. The van der Waals surface area contributed by atoms with E-state index in [2.05, 4.69) is 18.7 Å². The van der Waals surface area contributed by atoms with Crippen LogP contribution in [0.1, 0.15) is 61.3 Å². The summed E-state index contributed by atoms with van der Waals surface area (Å²) in [7, 11) is 0. The molecule has 26 heavy (non-hydrogen) atoms. The summed E-state index contributed by atoms with van der Waals surface area (Å²) in [5.41, 5.74) is 0. The molecule has 2 saturated heterocycles. The highest BCUT2D eigenvalue weighted by molar-refractivity contribution is 4.81. The fourth-order valence-corrected chi connectivity index (χ4v) is 3.23. The van der Waals surface area contributed by atoms with Gasteiger partial charge < -0.3 is 18.9 Å². The van der Waals surface area contributed by atoms with E-state index in [0.717, 1.165) is 31.7 Å². The number of nitrogens with zero attached hydrogens (tertiary/aromatic N) is 1. The standard InChI is InChI=1S/C17H33NO4.2C2H6/c1-4-19-9-10-20-13-17-21-11-16(12-22-17)18-7-5-15(6-8-18)14(2)3;2*1-2/h14-17H,4-13H2,1-3H3;2*1-2H3. The van der Waals surface area contributed by atoms with E-state index in [1.54, 1.807) is 0 Å². The molecule has 5 nitrogen and oxygen atoms in total. The molecule has 0 aromatic carbocycles. The topological polar surface area (TPSA) is 40.2 Å². The minimum Gasteiger partial charge on any atom is -0.379 e. The summed E-state index contributed by atoms with van der Waals surface area (Å²) in [6.45, 7) is 21.0. The third-order valence-corrected chi connectivity index (χ3v) is 4.81. The molecule has 0 atom stereocenters. The van der Waals surface area contributed by atoms with E-state index >= 15 is 0 Å². The molecule has 0 amide bonds. The Morgan fingerprint density at radius 1 is 0.923 bits per heavy atom. The molecule has 0 N–H and O–H groups in total. The summed E-state index contributed by atoms with van der Waals surface area (Å²) in [6, 6.07) is 0.410. The van der Waals surface area contributed by atoms with Crippen molar-refractivity contribution in [1.29, 1.82) is 0 Å². The summed E-state index contributed by atoms with van der Waals surface area (Å²) in [6.07, 6.45) is 2.39. The predicted octanol–water partition coefficient (Wildman–Crippen LogP) is 4.20. The summed E-state index contributed by atoms with van der Waals surface area (Å²) in [4.78, 5) is 2.53. The van der Waals surface area contributed by atoms with Crippen molar-refractivity contribution < 1.29 is 18.9 Å². The van der Waals surface area contributed by atoms with Crippen LogP contribution in [0.2, 0.25) is 0 Å². The first-order valence-electron chi connectivity index (χ1n) is 10.8. The average molecular weight is 376 g/mol. The van der Waals surface area contributed by atoms with Gasteiger partial charge in [-0.1, -0.05) is 41.5 Å². The minimum absolute atomic E-state index is 0.217. The van der Waals surface area contributed by atoms with Crippen molar-refractivity contribution in [3.05, 3.63) is 0 Å². The van der Waals surface area contributed by atoms with Crippen LogP contribution >= 0.6 is 0 Å². The average Bonchev–Trinajstić information content (AvgIpc) is 2.71. The van der Waals surface area contributed by atoms with Crippen molar-refractivity contribution >= 4 is 0 Å². The fraction of sp³-hybridized carbons (Fsp3) is 1.00. The zero-order valence-electron chi connectivity index (χ0n) is 18.5. The van der Waals surface area contributed by atoms with E-state index < -0.39 is 0 Å². The first-order valence-corrected chi connectivity index (χ1v) is 10.8. The van der Waals surface area contributed by atoms with Crippen LogP contribution < -0.4 is 0 Å². The second-order valence-electron chi connectivity index (χ2n) is 6.64. The van der Waals surface area contributed by atoms with Crippen molar-refractivity contribution in [2.24, 2.45) is 11.8 Å². The lowest BCUT2D eigenvalue weighted by atomic mass is 9.86. The first kappa shape index (κ1) is 25.8. The highest BCUT2D eigenvalue weighted by atomic mass is 16.7. The molecule has 0 unspecified atom stereocenters. The van der Waals surface area contributed by atoms with Gasteiger partial charge in [0.2, 0.25) is 0 Å². The predicted molar refractivity (Wildman–Crippen MR) is 109 cm³/mol. The molecule has 2 fully saturated rings. The van der Waals surface area contributed by atoms with Gasteiger partial charge in [0.1, 0.15) is 0 Å². The number of piperidine rings is 1. The number of hydrogen-bond acceptors (Lipinski definition) is 5. The third kappa shape index (κ3) is 10.2. The molecule has 0 bridgehead atoms. The van der Waals surface area contributed by atoms with Gasteiger partial charge in [0.15, 0.2) is 6.29 Å². The van der Waals surface area contributed by atoms with E-state index in [4.69, 9.17) is 18.9 Å². The molecule has 0 saturated carbocycles. The van der Waals surface area contributed by atoms with Crippen LogP contribution in [0, 0.1) is 11.8 Å². The van der Waals surface area contributed by atoms with Crippen molar-refractivity contribution in [1.82, 2.24) is 4.90 Å². The van der Waals surface area contributed by atoms with Gasteiger partial charge in [0.25, 0.3) is 0 Å². The lowest BCUT2D eigenvalue weighted by molar-refractivity contribution is -0.226. The Balaban J connectivity index is 0.00000146. The Hall–Kier alpha value is -0.200. The summed E-state index contributed by atoms with van der Waals surface area (Å²) in [5, 5.41) is 0. The number of ether oxygens (including phenoxy) is 4. The van der Waals surface area contributed by atoms with Crippen molar-refractivity contribution in [2.75, 3.05) is 52.7 Å². The van der Waals surface area contributed by atoms with Gasteiger partial charge >= 0.3 is 0 Å². The fourth-order valence-electron chi connectivity index (χ4n) is 3.23. The van der Waals surface area contributed by atoms with Gasteiger partial charge in [-0.3, -0.25) is 4.90 Å². The molecule has 0 aromatic rings. The van der Waals surface area contributed by atoms with Crippen LogP contribution in [0.25, 0.3) is 0 Å². The second-order valence-corrected chi connectivity index (χ2v) is 6.64. The monoisotopic (exact) mass is 375 g/mol. The third-order valence-electron chi connectivity index (χ3n) is 4.81. The van der Waals surface area contributed by atoms with Crippen molar-refractivity contribution in [2.45, 2.75) is 73.6 Å². The molecular weight excluding hydrogens is 330 g/mol. The smallest absolute Gasteiger partial charge is 0.180 e. The van der Waals surface area contributed by atoms with Gasteiger partial charge in [-0.25, -0.2) is 0 Å². The van der Waals surface area contributed by atoms with Crippen LogP contribution in [0.15, 0.2) is 0 Å². The van der Waals surface area contributed by atoms with Crippen LogP contribution in [-0.2, 0) is 18.9 Å². The highest BCUT2D eigenvalue weighted by Gasteiger charge is 2.30. The SMILES string of the molecule is CC.CC.CCOCCOCC1OCC(N2CCC(C(C)C)CC2)CO1. The Morgan fingerprint density at radius 3 is 1.96 bits per heavy atom. The molecule has 0 spiro atoms. The molecular formula is C21H45NO4. The summed E-state index contributed by atoms with van der Waals surface area (Å²) < 4.78 is 22.3. The van der Waals surface area contributed by atoms with Gasteiger partial charge in [-0.15, -0.1) is 0 Å². The lowest BCUT2D eigenvalue weighted by Crippen LogP contribution is -2.51. The molecule has 2 aliphatic rings. The van der Waals surface area contributed by atoms with Crippen LogP contribution in [0.4, 0.5) is 0 Å². The number of rotatable bonds is 8. The van der Waals surface area contributed by atoms with Gasteiger partial charge in [0.05, 0.1) is 39.1 Å². The maximum Gasteiger partial charge on any atom is 0.180 e. The Kier molecular flexibility index (Phi) is 16.8. The minimum atomic E-state index is -0.217. The molecule has 2 heterocycles. The molecule has 5 heteroatoms. The van der Waals surface area contributed by atoms with E-state index in [9.17, 15) is 0 Å². The van der Waals surface area contributed by atoms with Gasteiger partial charge in [-0.2, -0.15) is 0 Å². The normalized spacial score (nSPS) is 24.5. The molecule has 158 valence electrons. The number of hydrogen-bond donors (Lipinski definition) is 0. The van der Waals surface area contributed by atoms with Crippen LogP contribution in [0.5, 0.6) is 0 Å². The molecule has 0 aromatic heterocycles. The van der Waals surface area contributed by atoms with E-state index in [1.807, 2.05) is 34.6 Å². The van der Waals surface area contributed by atoms with Crippen molar-refractivity contribution in [3.63, 3.8) is 0 Å². The van der Waals surface area contributed by atoms with Crippen LogP contribution in [-0.4, -0.2) is 70.0 Å². The summed E-state index contributed by atoms with van der Waals surface area (Å²) in [5.74, 6) is 1.69. The maximum atomic E-state index is 5.79. The quantitative estimate of drug-likeness (QED) is 0.595. The van der Waals surface area contributed by atoms with Crippen molar-refractivity contribution in [3.8, 4) is 0 Å². The van der Waals surface area contributed by atoms with Gasteiger partial charge in [-0.05, 0) is 44.7 Å². The second kappa shape index (κ2) is 16.9. The Labute approximate surface area is 162 Å². The molecule has 2 rings (SSSR count). The molecule has 0 aliphatic carbocycles. The highest BCUT2D eigenvalue weighted by Crippen LogP contribution is 2.26. The zero-order chi connectivity index (χ0) is 19.8. The molecule has 2 aliphatic heterocycles. The van der Waals surface area contributed by atoms with Gasteiger partial charge in [0, 0.05) is 6.61 Å². The van der Waals surface area contributed by atoms with E-state index in [-0.39, 0.29) is 6.29 Å². The Morgan fingerprint density at radius 2 is 1.46 bits per heavy atom. The summed E-state index contributed by atoms with van der Waals surface area (Å²) >= 11 is 0. The largest absolute Gasteiger partial charge is 0.379 e. The lowest BCUT2D eigenvalue weighted by Gasteiger charge is -2.41. The van der Waals surface area contributed by atoms with E-state index in [1.165, 1.54) is 25.9 Å². The Bertz CT molecular complexity index is 286. The van der Waals surface area contributed by atoms with E-state index in [0.29, 0.717) is 25.9 Å². The molecule has 0 radical (unpaired) electrons. The first-order chi connectivity index (χ1) is 12.7. The zero-order valence-corrected chi connectivity index (χ0v) is 18.5. The van der Waals surface area contributed by atoms with Crippen LogP contribution in [0.3, 0.4) is 0 Å². The number of likely N-dealkylation sites (tertiary alicyclic amines) is 1.